The number of nitrogens with one attached hydrogen (secondary N) is 2. The molecule has 12 nitrogen and oxygen atoms in total. The Balaban J connectivity index is 1.69. The van der Waals surface area contributed by atoms with Gasteiger partial charge in [-0.15, -0.1) is 0 Å². The molecule has 0 fully saturated rings. The number of carbonyl (C=O) groups is 2. The number of rotatable bonds is 4. The molecule has 2 aliphatic heterocycles. The van der Waals surface area contributed by atoms with Crippen LogP contribution in [-0.4, -0.2) is 53.4 Å². The Bertz CT molecular complexity index is 1730. The van der Waals surface area contributed by atoms with Crippen LogP contribution in [0.3, 0.4) is 0 Å². The van der Waals surface area contributed by atoms with Crippen molar-refractivity contribution in [2.75, 3.05) is 17.7 Å². The van der Waals surface area contributed by atoms with Gasteiger partial charge in [0, 0.05) is 17.7 Å². The van der Waals surface area contributed by atoms with Gasteiger partial charge in [-0.25, -0.2) is 23.2 Å². The number of halogens is 1. The van der Waals surface area contributed by atoms with Gasteiger partial charge in [-0.1, -0.05) is 43.5 Å². The Morgan fingerprint density at radius 3 is 2.55 bits per heavy atom. The highest BCUT2D eigenvalue weighted by Crippen LogP contribution is 2.36. The quantitative estimate of drug-likeness (QED) is 0.176. The Labute approximate surface area is 303 Å². The van der Waals surface area contributed by atoms with Crippen LogP contribution < -0.4 is 21.1 Å². The Morgan fingerprint density at radius 1 is 1.14 bits per heavy atom. The number of anilines is 2. The van der Waals surface area contributed by atoms with Crippen LogP contribution in [0.15, 0.2) is 53.6 Å². The van der Waals surface area contributed by atoms with E-state index in [4.69, 9.17) is 19.7 Å². The number of sulfone groups is 1. The Kier molecular flexibility index (Phi) is 13.2. The number of ether oxygens (including phenoxy) is 2. The molecule has 4 N–H and O–H groups in total. The zero-order valence-corrected chi connectivity index (χ0v) is 32.4. The number of alkyl carbamates (subject to hydrolysis) is 1. The molecule has 0 radical (unpaired) electrons. The maximum absolute atomic E-state index is 13.8. The van der Waals surface area contributed by atoms with E-state index in [1.165, 1.54) is 6.20 Å². The van der Waals surface area contributed by atoms with Crippen LogP contribution in [-0.2, 0) is 25.6 Å². The molecule has 0 saturated heterocycles. The second-order valence-corrected chi connectivity index (χ2v) is 17.7. The molecule has 5 rings (SSSR count). The van der Waals surface area contributed by atoms with Crippen LogP contribution in [0.4, 0.5) is 16.3 Å². The molecule has 15 heteroatoms. The van der Waals surface area contributed by atoms with Crippen molar-refractivity contribution in [2.45, 2.75) is 101 Å². The first-order chi connectivity index (χ1) is 23.1. The summed E-state index contributed by atoms with van der Waals surface area (Å²) in [5.41, 5.74) is 7.26. The summed E-state index contributed by atoms with van der Waals surface area (Å²) in [7, 11) is -3.71. The molecule has 1 aromatic heterocycles. The highest BCUT2D eigenvalue weighted by atomic mass is 127. The summed E-state index contributed by atoms with van der Waals surface area (Å²) in [5, 5.41) is 5.62. The number of hydrogen-bond acceptors (Lipinski definition) is 10. The molecule has 2 amide bonds. The number of nitrogen functional groups attached to an aromatic ring is 1. The number of fused-ring (bicyclic) bond motifs is 13. The predicted octanol–water partition coefficient (Wildman–Crippen LogP) is 7.62. The third-order valence-electron chi connectivity index (χ3n) is 7.97. The van der Waals surface area contributed by atoms with E-state index in [-0.39, 0.29) is 35.5 Å². The van der Waals surface area contributed by atoms with E-state index >= 15 is 0 Å². The van der Waals surface area contributed by atoms with Gasteiger partial charge in [-0.2, -0.15) is 0 Å². The molecule has 0 spiro atoms. The molecule has 4 bridgehead atoms. The fraction of sp³-hybridized carbons (Fsp3) is 0.471. The van der Waals surface area contributed by atoms with Crippen molar-refractivity contribution in [3.8, 4) is 17.0 Å². The summed E-state index contributed by atoms with van der Waals surface area (Å²) in [5.74, 6) is -0.279. The predicted molar refractivity (Wildman–Crippen MR) is 201 cm³/mol. The largest absolute Gasteiger partial charge is 0.491 e. The van der Waals surface area contributed by atoms with Crippen LogP contribution in [0.5, 0.6) is 5.75 Å². The van der Waals surface area contributed by atoms with Crippen molar-refractivity contribution in [2.24, 2.45) is 0 Å². The fourth-order valence-corrected chi connectivity index (χ4v) is 8.35. The van der Waals surface area contributed by atoms with Crippen molar-refractivity contribution in [1.82, 2.24) is 15.3 Å². The smallest absolute Gasteiger partial charge is 0.407 e. The number of benzene rings is 2. The second kappa shape index (κ2) is 16.8. The molecule has 2 unspecified atom stereocenters. The average Bonchev–Trinajstić information content (AvgIpc) is 3.03. The fourth-order valence-electron chi connectivity index (χ4n) is 5.41. The third kappa shape index (κ3) is 10.5. The number of nitrogens with two attached hydrogens (primary N) is 1. The van der Waals surface area contributed by atoms with Crippen molar-refractivity contribution in [3.05, 3.63) is 59.9 Å². The average molecular weight is 826 g/mol. The maximum Gasteiger partial charge on any atom is 0.407 e. The Hall–Kier alpha value is -3.07. The van der Waals surface area contributed by atoms with Crippen LogP contribution in [0.25, 0.3) is 11.3 Å². The highest BCUT2D eigenvalue weighted by Gasteiger charge is 2.38. The number of aromatic nitrogens is 2. The SMILES string of the molecule is CC(C)(C)OC(=O)NCc1cccc2c1OCCCCCCC(OPI)CC(C)(C)S(=O)(=O)c1ccc(cc1)-c1cnc(N)c(n1)C(=O)N2. The van der Waals surface area contributed by atoms with Gasteiger partial charge >= 0.3 is 6.09 Å². The lowest BCUT2D eigenvalue weighted by atomic mass is 10.00. The van der Waals surface area contributed by atoms with Crippen LogP contribution in [0.1, 0.15) is 89.2 Å². The topological polar surface area (TPSA) is 172 Å². The summed E-state index contributed by atoms with van der Waals surface area (Å²) < 4.78 is 44.2. The van der Waals surface area contributed by atoms with E-state index in [1.807, 2.05) is 0 Å². The van der Waals surface area contributed by atoms with Gasteiger partial charge in [0.2, 0.25) is 0 Å². The summed E-state index contributed by atoms with van der Waals surface area (Å²) in [6.45, 7) is 9.51. The van der Waals surface area contributed by atoms with E-state index in [9.17, 15) is 18.0 Å². The minimum absolute atomic E-state index is 0.0780. The van der Waals surface area contributed by atoms with Crippen LogP contribution >= 0.6 is 28.5 Å². The highest BCUT2D eigenvalue weighted by molar-refractivity contribution is 14.2. The summed E-state index contributed by atoms with van der Waals surface area (Å²) in [6.07, 6.45) is 5.12. The standard InChI is InChI=1S/C34H45IN5O7PS/c1-33(2,3)46-32(42)38-20-23-11-10-13-26-29(23)45-18-9-7-6-8-12-24(47-48-35)19-34(4,5)49(43,44)25-16-14-22(15-17-25)27-21-37-30(36)28(39-27)31(41)40-26/h10-11,13-17,21,24,48H,6-9,12,18-20H2,1-5H3,(H2,36,37)(H,38,42)(H,40,41). The van der Waals surface area contributed by atoms with E-state index in [0.29, 0.717) is 41.3 Å². The van der Waals surface area contributed by atoms with E-state index in [1.54, 1.807) is 77.1 Å². The first-order valence-electron chi connectivity index (χ1n) is 16.1. The van der Waals surface area contributed by atoms with Gasteiger partial charge in [0.15, 0.2) is 21.3 Å². The van der Waals surface area contributed by atoms with Gasteiger partial charge < -0.3 is 30.4 Å². The van der Waals surface area contributed by atoms with Crippen molar-refractivity contribution in [3.63, 3.8) is 0 Å². The first-order valence-corrected chi connectivity index (χ1v) is 21.6. The van der Waals surface area contributed by atoms with Crippen molar-refractivity contribution >= 4 is 61.8 Å². The molecule has 2 atom stereocenters. The minimum Gasteiger partial charge on any atom is -0.491 e. The summed E-state index contributed by atoms with van der Waals surface area (Å²) in [6, 6.07) is 11.6. The molecule has 3 aromatic rings. The molecule has 0 aliphatic carbocycles. The van der Waals surface area contributed by atoms with Crippen molar-refractivity contribution in [1.29, 1.82) is 0 Å². The summed E-state index contributed by atoms with van der Waals surface area (Å²) in [4.78, 5) is 34.9. The minimum atomic E-state index is -3.71. The van der Waals surface area contributed by atoms with Crippen LogP contribution in [0, 0.1) is 0 Å². The lowest BCUT2D eigenvalue weighted by molar-refractivity contribution is 0.0523. The van der Waals surface area contributed by atoms with Gasteiger partial charge in [0.05, 0.1) is 46.4 Å². The second-order valence-electron chi connectivity index (χ2n) is 13.5. The molecule has 2 aromatic carbocycles. The third-order valence-corrected chi connectivity index (χ3v) is 11.7. The molecule has 266 valence electrons. The van der Waals surface area contributed by atoms with Gasteiger partial charge in [-0.05, 0) is 94.1 Å². The Morgan fingerprint density at radius 2 is 1.86 bits per heavy atom. The number of carbonyl (C=O) groups excluding carboxylic acids is 2. The van der Waals surface area contributed by atoms with Crippen molar-refractivity contribution < 1.29 is 32.0 Å². The molecule has 3 heterocycles. The summed E-state index contributed by atoms with van der Waals surface area (Å²) >= 11 is 2.18. The van der Waals surface area contributed by atoms with E-state index in [0.717, 1.165) is 32.1 Å². The van der Waals surface area contributed by atoms with E-state index < -0.39 is 32.2 Å². The molecule has 2 aliphatic rings. The van der Waals surface area contributed by atoms with E-state index in [2.05, 4.69) is 42.6 Å². The zero-order chi connectivity index (χ0) is 35.8. The molecular weight excluding hydrogens is 780 g/mol. The number of nitrogens with zero attached hydrogens (tertiary/aromatic N) is 2. The zero-order valence-electron chi connectivity index (χ0n) is 28.5. The first kappa shape index (κ1) is 38.7. The van der Waals surface area contributed by atoms with Gasteiger partial charge in [0.25, 0.3) is 5.91 Å². The monoisotopic (exact) mass is 825 g/mol. The normalized spacial score (nSPS) is 18.7. The lowest BCUT2D eigenvalue weighted by Gasteiger charge is -2.29. The molecular formula is C34H45IN5O7PS. The maximum atomic E-state index is 13.8. The van der Waals surface area contributed by atoms with Crippen LogP contribution in [0.2, 0.25) is 0 Å². The lowest BCUT2D eigenvalue weighted by Crippen LogP contribution is -2.36. The number of amides is 2. The number of hydrogen-bond donors (Lipinski definition) is 3. The van der Waals surface area contributed by atoms with Gasteiger partial charge in [-0.3, -0.25) is 4.79 Å². The van der Waals surface area contributed by atoms with Gasteiger partial charge in [0.1, 0.15) is 11.4 Å². The molecule has 49 heavy (non-hydrogen) atoms. The number of para-hydroxylation sites is 1. The molecule has 0 saturated carbocycles.